The number of nitrogens with one attached hydrogen (secondary N) is 1. The van der Waals surface area contributed by atoms with Crippen molar-refractivity contribution in [3.63, 3.8) is 0 Å². The molecule has 0 saturated heterocycles. The van der Waals surface area contributed by atoms with Gasteiger partial charge in [0, 0.05) is 17.2 Å². The number of hydrogen-bond donors (Lipinski definition) is 1. The third kappa shape index (κ3) is 3.02. The van der Waals surface area contributed by atoms with Crippen molar-refractivity contribution >= 4 is 11.6 Å². The summed E-state index contributed by atoms with van der Waals surface area (Å²) in [6.07, 6.45) is 1.53. The van der Waals surface area contributed by atoms with Crippen LogP contribution in [0.3, 0.4) is 0 Å². The van der Waals surface area contributed by atoms with Crippen molar-refractivity contribution < 1.29 is 9.18 Å². The Hall–Kier alpha value is -2.23. The monoisotopic (exact) mass is 272 g/mol. The molecule has 0 aliphatic rings. The van der Waals surface area contributed by atoms with Gasteiger partial charge in [-0.1, -0.05) is 39.0 Å². The molecule has 0 saturated carbocycles. The van der Waals surface area contributed by atoms with E-state index in [9.17, 15) is 9.18 Å². The van der Waals surface area contributed by atoms with E-state index in [0.717, 1.165) is 0 Å². The lowest BCUT2D eigenvalue weighted by Gasteiger charge is -2.19. The van der Waals surface area contributed by atoms with E-state index in [1.165, 1.54) is 18.3 Å². The van der Waals surface area contributed by atoms with Crippen molar-refractivity contribution in [3.05, 3.63) is 48.4 Å². The largest absolute Gasteiger partial charge is 0.325 e. The lowest BCUT2D eigenvalue weighted by atomic mass is 9.95. The second kappa shape index (κ2) is 5.41. The lowest BCUT2D eigenvalue weighted by Crippen LogP contribution is -2.27. The molecule has 0 aliphatic heterocycles. The minimum Gasteiger partial charge on any atom is -0.325 e. The van der Waals surface area contributed by atoms with E-state index in [2.05, 4.69) is 10.3 Å². The molecule has 0 bridgehead atoms. The quantitative estimate of drug-likeness (QED) is 0.901. The first-order chi connectivity index (χ1) is 9.39. The van der Waals surface area contributed by atoms with Crippen molar-refractivity contribution in [2.24, 2.45) is 5.41 Å². The van der Waals surface area contributed by atoms with Gasteiger partial charge in [0.25, 0.3) is 0 Å². The molecule has 2 rings (SSSR count). The van der Waals surface area contributed by atoms with Crippen LogP contribution in [0.4, 0.5) is 10.1 Å². The first-order valence-corrected chi connectivity index (χ1v) is 6.41. The molecule has 0 unspecified atom stereocenters. The van der Waals surface area contributed by atoms with Crippen LogP contribution in [0.1, 0.15) is 20.8 Å². The van der Waals surface area contributed by atoms with Gasteiger partial charge in [-0.2, -0.15) is 0 Å². The number of aromatic nitrogens is 1. The van der Waals surface area contributed by atoms with Gasteiger partial charge in [-0.25, -0.2) is 4.39 Å². The predicted octanol–water partition coefficient (Wildman–Crippen LogP) is 3.87. The molecule has 20 heavy (non-hydrogen) atoms. The fourth-order valence-corrected chi connectivity index (χ4v) is 1.69. The van der Waals surface area contributed by atoms with Crippen molar-refractivity contribution in [1.82, 2.24) is 4.98 Å². The zero-order valence-electron chi connectivity index (χ0n) is 11.8. The molecule has 4 heteroatoms. The number of pyridine rings is 1. The number of hydrogen-bond acceptors (Lipinski definition) is 2. The van der Waals surface area contributed by atoms with Crippen LogP contribution in [-0.4, -0.2) is 10.9 Å². The molecule has 1 amide bonds. The van der Waals surface area contributed by atoms with Gasteiger partial charge in [0.15, 0.2) is 0 Å². The molecule has 0 fully saturated rings. The number of carbonyl (C=O) groups is 1. The molecule has 1 N–H and O–H groups in total. The van der Waals surface area contributed by atoms with Crippen LogP contribution >= 0.6 is 0 Å². The number of amides is 1. The standard InChI is InChI=1S/C16H17FN2O/c1-16(2,3)15(20)19-13-9-5-4-7-11(13)14-12(17)8-6-10-18-14/h4-10H,1-3H3,(H,19,20). The molecule has 1 aromatic heterocycles. The van der Waals surface area contributed by atoms with E-state index in [1.54, 1.807) is 24.3 Å². The van der Waals surface area contributed by atoms with Gasteiger partial charge in [0.05, 0.1) is 5.69 Å². The number of anilines is 1. The van der Waals surface area contributed by atoms with E-state index in [-0.39, 0.29) is 11.6 Å². The second-order valence-electron chi connectivity index (χ2n) is 5.58. The minimum absolute atomic E-state index is 0.124. The summed E-state index contributed by atoms with van der Waals surface area (Å²) < 4.78 is 13.9. The molecule has 1 aromatic carbocycles. The summed E-state index contributed by atoms with van der Waals surface area (Å²) in [5, 5.41) is 2.83. The smallest absolute Gasteiger partial charge is 0.229 e. The van der Waals surface area contributed by atoms with Gasteiger partial charge >= 0.3 is 0 Å². The molecule has 2 aromatic rings. The molecule has 0 aliphatic carbocycles. The van der Waals surface area contributed by atoms with Gasteiger partial charge < -0.3 is 5.32 Å². The van der Waals surface area contributed by atoms with E-state index >= 15 is 0 Å². The number of rotatable bonds is 2. The maximum absolute atomic E-state index is 13.9. The topological polar surface area (TPSA) is 42.0 Å². The fourth-order valence-electron chi connectivity index (χ4n) is 1.69. The Labute approximate surface area is 117 Å². The Balaban J connectivity index is 2.42. The van der Waals surface area contributed by atoms with Crippen molar-refractivity contribution in [2.75, 3.05) is 5.32 Å². The van der Waals surface area contributed by atoms with Gasteiger partial charge in [-0.3, -0.25) is 9.78 Å². The lowest BCUT2D eigenvalue weighted by molar-refractivity contribution is -0.123. The third-order valence-electron chi connectivity index (χ3n) is 2.87. The average molecular weight is 272 g/mol. The first-order valence-electron chi connectivity index (χ1n) is 6.41. The van der Waals surface area contributed by atoms with Crippen LogP contribution in [0, 0.1) is 11.2 Å². The van der Waals surface area contributed by atoms with Crippen LogP contribution in [-0.2, 0) is 4.79 Å². The minimum atomic E-state index is -0.518. The van der Waals surface area contributed by atoms with Crippen LogP contribution in [0.2, 0.25) is 0 Å². The molecule has 0 atom stereocenters. The number of nitrogens with zero attached hydrogens (tertiary/aromatic N) is 1. The summed E-state index contributed by atoms with van der Waals surface area (Å²) in [7, 11) is 0. The zero-order valence-corrected chi connectivity index (χ0v) is 11.8. The zero-order chi connectivity index (χ0) is 14.8. The SMILES string of the molecule is CC(C)(C)C(=O)Nc1ccccc1-c1ncccc1F. The Morgan fingerprint density at radius 1 is 1.15 bits per heavy atom. The first kappa shape index (κ1) is 14.2. The van der Waals surface area contributed by atoms with Crippen molar-refractivity contribution in [3.8, 4) is 11.3 Å². The van der Waals surface area contributed by atoms with Gasteiger partial charge in [0.1, 0.15) is 11.5 Å². The summed E-state index contributed by atoms with van der Waals surface area (Å²) in [6.45, 7) is 5.48. The van der Waals surface area contributed by atoms with Gasteiger partial charge in [-0.15, -0.1) is 0 Å². The fraction of sp³-hybridized carbons (Fsp3) is 0.250. The highest BCUT2D eigenvalue weighted by Gasteiger charge is 2.22. The average Bonchev–Trinajstić information content (AvgIpc) is 2.39. The molecule has 0 radical (unpaired) electrons. The Morgan fingerprint density at radius 2 is 1.85 bits per heavy atom. The number of benzene rings is 1. The molecular formula is C16H17FN2O. The van der Waals surface area contributed by atoms with Crippen LogP contribution in [0.15, 0.2) is 42.6 Å². The highest BCUT2D eigenvalue weighted by Crippen LogP contribution is 2.29. The Kier molecular flexibility index (Phi) is 3.84. The Morgan fingerprint density at radius 3 is 2.50 bits per heavy atom. The maximum atomic E-state index is 13.9. The van der Waals surface area contributed by atoms with Gasteiger partial charge in [0.2, 0.25) is 5.91 Å². The van der Waals surface area contributed by atoms with Crippen LogP contribution in [0.5, 0.6) is 0 Å². The highest BCUT2D eigenvalue weighted by molar-refractivity contribution is 5.97. The van der Waals surface area contributed by atoms with E-state index in [1.807, 2.05) is 20.8 Å². The summed E-state index contributed by atoms with van der Waals surface area (Å²) in [5.74, 6) is -0.536. The van der Waals surface area contributed by atoms with E-state index in [4.69, 9.17) is 0 Å². The van der Waals surface area contributed by atoms with Crippen LogP contribution in [0.25, 0.3) is 11.3 Å². The summed E-state index contributed by atoms with van der Waals surface area (Å²) in [6, 6.07) is 9.95. The van der Waals surface area contributed by atoms with E-state index < -0.39 is 11.2 Å². The molecule has 104 valence electrons. The molecular weight excluding hydrogens is 255 g/mol. The second-order valence-corrected chi connectivity index (χ2v) is 5.58. The highest BCUT2D eigenvalue weighted by atomic mass is 19.1. The Bertz CT molecular complexity index is 632. The van der Waals surface area contributed by atoms with Crippen molar-refractivity contribution in [2.45, 2.75) is 20.8 Å². The number of halogens is 1. The molecule has 1 heterocycles. The molecule has 3 nitrogen and oxygen atoms in total. The third-order valence-corrected chi connectivity index (χ3v) is 2.87. The van der Waals surface area contributed by atoms with Crippen molar-refractivity contribution in [1.29, 1.82) is 0 Å². The summed E-state index contributed by atoms with van der Waals surface area (Å²) in [4.78, 5) is 16.1. The summed E-state index contributed by atoms with van der Waals surface area (Å²) in [5.41, 5.74) is 0.848. The maximum Gasteiger partial charge on any atom is 0.229 e. The predicted molar refractivity (Wildman–Crippen MR) is 77.7 cm³/mol. The summed E-state index contributed by atoms with van der Waals surface area (Å²) >= 11 is 0. The number of para-hydroxylation sites is 1. The van der Waals surface area contributed by atoms with Crippen LogP contribution < -0.4 is 5.32 Å². The molecule has 0 spiro atoms. The normalized spacial score (nSPS) is 11.2. The van der Waals surface area contributed by atoms with E-state index in [0.29, 0.717) is 11.3 Å². The number of carbonyl (C=O) groups excluding carboxylic acids is 1. The van der Waals surface area contributed by atoms with Gasteiger partial charge in [-0.05, 0) is 18.2 Å².